The topological polar surface area (TPSA) is 32.3 Å². The van der Waals surface area contributed by atoms with Crippen molar-refractivity contribution in [3.63, 3.8) is 0 Å². The van der Waals surface area contributed by atoms with Crippen LogP contribution >= 0.6 is 0 Å². The maximum absolute atomic E-state index is 11.9. The van der Waals surface area contributed by atoms with Gasteiger partial charge in [-0.2, -0.15) is 13.2 Å². The molecule has 2 rings (SSSR count). The molecule has 2 unspecified atom stereocenters. The molecule has 0 aromatic heterocycles. The molecule has 2 atom stereocenters. The van der Waals surface area contributed by atoms with Crippen LogP contribution in [0, 0.1) is 17.3 Å². The zero-order chi connectivity index (χ0) is 12.8. The zero-order valence-corrected chi connectivity index (χ0v) is 9.97. The molecule has 1 N–H and O–H groups in total. The van der Waals surface area contributed by atoms with E-state index in [1.54, 1.807) is 4.90 Å². The average Bonchev–Trinajstić information content (AvgIpc) is 2.61. The summed E-state index contributed by atoms with van der Waals surface area (Å²) in [5.41, 5.74) is 0.316. The van der Waals surface area contributed by atoms with E-state index in [9.17, 15) is 18.0 Å². The summed E-state index contributed by atoms with van der Waals surface area (Å²) < 4.78 is 35.6. The van der Waals surface area contributed by atoms with E-state index in [0.29, 0.717) is 30.3 Å². The molecule has 1 amide bonds. The van der Waals surface area contributed by atoms with Crippen LogP contribution in [0.15, 0.2) is 0 Å². The summed E-state index contributed by atoms with van der Waals surface area (Å²) in [7, 11) is 0. The summed E-state index contributed by atoms with van der Waals surface area (Å²) in [4.78, 5) is 13.3. The minimum absolute atomic E-state index is 0.223. The van der Waals surface area contributed by atoms with Crippen molar-refractivity contribution in [3.8, 4) is 0 Å². The molecule has 1 heterocycles. The van der Waals surface area contributed by atoms with Crippen molar-refractivity contribution in [2.45, 2.75) is 20.0 Å². The fourth-order valence-electron chi connectivity index (χ4n) is 2.76. The fraction of sp³-hybridized carbons (Fsp3) is 0.909. The third-order valence-electron chi connectivity index (χ3n) is 4.08. The van der Waals surface area contributed by atoms with Crippen LogP contribution in [0.1, 0.15) is 13.8 Å². The minimum Gasteiger partial charge on any atom is -0.341 e. The van der Waals surface area contributed by atoms with Gasteiger partial charge in [-0.05, 0) is 17.3 Å². The number of halogens is 3. The molecule has 0 aromatic rings. The molecular formula is C11H17F3N2O. The number of carbonyl (C=O) groups is 1. The Morgan fingerprint density at radius 2 is 1.88 bits per heavy atom. The fourth-order valence-corrected chi connectivity index (χ4v) is 2.76. The lowest BCUT2D eigenvalue weighted by Crippen LogP contribution is -2.41. The van der Waals surface area contributed by atoms with Gasteiger partial charge in [0.25, 0.3) is 0 Å². The minimum atomic E-state index is -4.25. The van der Waals surface area contributed by atoms with E-state index < -0.39 is 12.7 Å². The van der Waals surface area contributed by atoms with Crippen LogP contribution in [0.5, 0.6) is 0 Å². The third kappa shape index (κ3) is 2.56. The van der Waals surface area contributed by atoms with Crippen LogP contribution in [0.3, 0.4) is 0 Å². The van der Waals surface area contributed by atoms with Gasteiger partial charge in [0.15, 0.2) is 0 Å². The number of fused-ring (bicyclic) bond motifs is 1. The van der Waals surface area contributed by atoms with Crippen LogP contribution in [-0.2, 0) is 4.79 Å². The average molecular weight is 250 g/mol. The van der Waals surface area contributed by atoms with Gasteiger partial charge < -0.3 is 10.2 Å². The van der Waals surface area contributed by atoms with Crippen molar-refractivity contribution in [2.24, 2.45) is 17.3 Å². The number of alkyl halides is 3. The number of amides is 1. The summed E-state index contributed by atoms with van der Waals surface area (Å²) in [6.45, 7) is 4.41. The molecule has 0 radical (unpaired) electrons. The lowest BCUT2D eigenvalue weighted by molar-refractivity contribution is -0.134. The quantitative estimate of drug-likeness (QED) is 0.817. The standard InChI is InChI=1S/C11H17F3N2O/c1-10(2)7-4-16(5-8(7)10)9(17)3-15-6-11(12,13)14/h7-8,15H,3-6H2,1-2H3. The first-order valence-electron chi connectivity index (χ1n) is 5.77. The maximum Gasteiger partial charge on any atom is 0.401 e. The molecule has 6 heteroatoms. The van der Waals surface area contributed by atoms with Gasteiger partial charge >= 0.3 is 6.18 Å². The van der Waals surface area contributed by atoms with Crippen molar-refractivity contribution in [1.82, 2.24) is 10.2 Å². The predicted molar refractivity (Wildman–Crippen MR) is 56.3 cm³/mol. The molecule has 0 bridgehead atoms. The Hall–Kier alpha value is -0.780. The smallest absolute Gasteiger partial charge is 0.341 e. The third-order valence-corrected chi connectivity index (χ3v) is 4.08. The summed E-state index contributed by atoms with van der Waals surface area (Å²) >= 11 is 0. The van der Waals surface area contributed by atoms with E-state index >= 15 is 0 Å². The SMILES string of the molecule is CC1(C)C2CN(C(=O)CNCC(F)(F)F)CC21. The second-order valence-corrected chi connectivity index (χ2v) is 5.55. The Balaban J connectivity index is 1.70. The Kier molecular flexibility index (Phi) is 2.88. The molecular weight excluding hydrogens is 233 g/mol. The molecule has 0 spiro atoms. The first-order valence-corrected chi connectivity index (χ1v) is 5.77. The van der Waals surface area contributed by atoms with E-state index in [1.165, 1.54) is 0 Å². The number of hydrogen-bond donors (Lipinski definition) is 1. The molecule has 1 aliphatic carbocycles. The highest BCUT2D eigenvalue weighted by atomic mass is 19.4. The molecule has 17 heavy (non-hydrogen) atoms. The van der Waals surface area contributed by atoms with Crippen LogP contribution in [-0.4, -0.2) is 43.2 Å². The normalized spacial score (nSPS) is 30.3. The van der Waals surface area contributed by atoms with Gasteiger partial charge in [0.1, 0.15) is 0 Å². The number of carbonyl (C=O) groups excluding carboxylic acids is 1. The molecule has 0 aromatic carbocycles. The van der Waals surface area contributed by atoms with Crippen molar-refractivity contribution in [3.05, 3.63) is 0 Å². The number of likely N-dealkylation sites (tertiary alicyclic amines) is 1. The molecule has 1 aliphatic heterocycles. The largest absolute Gasteiger partial charge is 0.401 e. The van der Waals surface area contributed by atoms with E-state index in [4.69, 9.17) is 0 Å². The van der Waals surface area contributed by atoms with Gasteiger partial charge in [0.2, 0.25) is 5.91 Å². The van der Waals surface area contributed by atoms with Crippen molar-refractivity contribution in [2.75, 3.05) is 26.2 Å². The number of hydrogen-bond acceptors (Lipinski definition) is 2. The molecule has 98 valence electrons. The Labute approximate surface area is 98.3 Å². The molecule has 1 saturated heterocycles. The van der Waals surface area contributed by atoms with E-state index in [1.807, 2.05) is 0 Å². The van der Waals surface area contributed by atoms with Crippen molar-refractivity contribution >= 4 is 5.91 Å². The van der Waals surface area contributed by atoms with Crippen molar-refractivity contribution in [1.29, 1.82) is 0 Å². The number of rotatable bonds is 3. The van der Waals surface area contributed by atoms with Gasteiger partial charge in [0, 0.05) is 13.1 Å². The Bertz CT molecular complexity index is 313. The number of nitrogens with zero attached hydrogens (tertiary/aromatic N) is 1. The van der Waals surface area contributed by atoms with E-state index in [-0.39, 0.29) is 12.5 Å². The first kappa shape index (κ1) is 12.7. The summed E-state index contributed by atoms with van der Waals surface area (Å²) in [5.74, 6) is 0.848. The first-order chi connectivity index (χ1) is 7.72. The summed E-state index contributed by atoms with van der Waals surface area (Å²) in [6.07, 6.45) is -4.25. The highest BCUT2D eigenvalue weighted by Crippen LogP contribution is 2.61. The summed E-state index contributed by atoms with van der Waals surface area (Å²) in [5, 5.41) is 2.14. The summed E-state index contributed by atoms with van der Waals surface area (Å²) in [6, 6.07) is 0. The van der Waals surface area contributed by atoms with Gasteiger partial charge in [-0.15, -0.1) is 0 Å². The second kappa shape index (κ2) is 3.86. The number of nitrogens with one attached hydrogen (secondary N) is 1. The van der Waals surface area contributed by atoms with E-state index in [0.717, 1.165) is 0 Å². The molecule has 2 fully saturated rings. The molecule has 3 nitrogen and oxygen atoms in total. The van der Waals surface area contributed by atoms with Crippen LogP contribution < -0.4 is 5.32 Å². The number of piperidine rings is 1. The lowest BCUT2D eigenvalue weighted by atomic mass is 10.1. The van der Waals surface area contributed by atoms with Crippen LogP contribution in [0.2, 0.25) is 0 Å². The Morgan fingerprint density at radius 3 is 2.35 bits per heavy atom. The predicted octanol–water partition coefficient (Wildman–Crippen LogP) is 1.25. The zero-order valence-electron chi connectivity index (χ0n) is 9.97. The highest BCUT2D eigenvalue weighted by molar-refractivity contribution is 5.78. The molecule has 1 saturated carbocycles. The van der Waals surface area contributed by atoms with E-state index in [2.05, 4.69) is 19.2 Å². The van der Waals surface area contributed by atoms with Gasteiger partial charge in [-0.1, -0.05) is 13.8 Å². The Morgan fingerprint density at radius 1 is 1.35 bits per heavy atom. The highest BCUT2D eigenvalue weighted by Gasteiger charge is 2.62. The van der Waals surface area contributed by atoms with Crippen molar-refractivity contribution < 1.29 is 18.0 Å². The maximum atomic E-state index is 11.9. The van der Waals surface area contributed by atoms with Crippen LogP contribution in [0.4, 0.5) is 13.2 Å². The second-order valence-electron chi connectivity index (χ2n) is 5.55. The molecule has 2 aliphatic rings. The lowest BCUT2D eigenvalue weighted by Gasteiger charge is -2.22. The van der Waals surface area contributed by atoms with Gasteiger partial charge in [-0.3, -0.25) is 4.79 Å². The van der Waals surface area contributed by atoms with Gasteiger partial charge in [-0.25, -0.2) is 0 Å². The monoisotopic (exact) mass is 250 g/mol. The van der Waals surface area contributed by atoms with Crippen LogP contribution in [0.25, 0.3) is 0 Å². The van der Waals surface area contributed by atoms with Gasteiger partial charge in [0.05, 0.1) is 13.1 Å².